The van der Waals surface area contributed by atoms with Crippen LogP contribution in [0.25, 0.3) is 0 Å². The summed E-state index contributed by atoms with van der Waals surface area (Å²) in [6.07, 6.45) is 8.30. The quantitative estimate of drug-likeness (QED) is 0.820. The molecule has 3 unspecified atom stereocenters. The Hall–Kier alpha value is -0.0800. The van der Waals surface area contributed by atoms with Crippen LogP contribution in [0.2, 0.25) is 0 Å². The molecule has 2 heteroatoms. The van der Waals surface area contributed by atoms with Crippen molar-refractivity contribution in [3.05, 3.63) is 0 Å². The van der Waals surface area contributed by atoms with Gasteiger partial charge in [-0.25, -0.2) is 0 Å². The van der Waals surface area contributed by atoms with E-state index in [0.29, 0.717) is 22.3 Å². The van der Waals surface area contributed by atoms with Gasteiger partial charge in [0.15, 0.2) is 0 Å². The Morgan fingerprint density at radius 3 is 2.05 bits per heavy atom. The molecular formula is C19H35NO. The van der Waals surface area contributed by atoms with E-state index in [4.69, 9.17) is 0 Å². The summed E-state index contributed by atoms with van der Waals surface area (Å²) >= 11 is 0. The van der Waals surface area contributed by atoms with Crippen molar-refractivity contribution >= 4 is 0 Å². The van der Waals surface area contributed by atoms with E-state index in [-0.39, 0.29) is 0 Å². The van der Waals surface area contributed by atoms with Gasteiger partial charge in [0.05, 0.1) is 5.60 Å². The van der Waals surface area contributed by atoms with E-state index in [1.54, 1.807) is 0 Å². The van der Waals surface area contributed by atoms with E-state index in [9.17, 15) is 5.11 Å². The molecule has 2 bridgehead atoms. The summed E-state index contributed by atoms with van der Waals surface area (Å²) in [6, 6.07) is 0.602. The van der Waals surface area contributed by atoms with Crippen LogP contribution in [0.15, 0.2) is 0 Å². The lowest BCUT2D eigenvalue weighted by Gasteiger charge is -2.43. The minimum Gasteiger partial charge on any atom is -0.389 e. The molecule has 3 aliphatic rings. The van der Waals surface area contributed by atoms with Crippen molar-refractivity contribution < 1.29 is 5.11 Å². The molecule has 3 aliphatic carbocycles. The van der Waals surface area contributed by atoms with Crippen LogP contribution in [0.3, 0.4) is 0 Å². The highest BCUT2D eigenvalue weighted by atomic mass is 16.3. The summed E-state index contributed by atoms with van der Waals surface area (Å²) in [6.45, 7) is 12.9. The number of aliphatic hydroxyl groups is 1. The van der Waals surface area contributed by atoms with Crippen molar-refractivity contribution in [1.29, 1.82) is 0 Å². The van der Waals surface area contributed by atoms with Gasteiger partial charge in [0.25, 0.3) is 0 Å². The van der Waals surface area contributed by atoms with Gasteiger partial charge in [0.2, 0.25) is 0 Å². The third-order valence-corrected chi connectivity index (χ3v) is 8.01. The molecule has 0 aromatic heterocycles. The fourth-order valence-electron chi connectivity index (χ4n) is 5.39. The van der Waals surface area contributed by atoms with Gasteiger partial charge in [-0.3, -0.25) is 0 Å². The van der Waals surface area contributed by atoms with Crippen LogP contribution in [-0.2, 0) is 0 Å². The topological polar surface area (TPSA) is 32.3 Å². The van der Waals surface area contributed by atoms with Crippen molar-refractivity contribution in [2.24, 2.45) is 22.2 Å². The maximum Gasteiger partial charge on any atom is 0.0772 e. The van der Waals surface area contributed by atoms with Gasteiger partial charge in [0, 0.05) is 12.6 Å². The third-order valence-electron chi connectivity index (χ3n) is 8.01. The van der Waals surface area contributed by atoms with Gasteiger partial charge in [-0.15, -0.1) is 0 Å². The van der Waals surface area contributed by atoms with Crippen LogP contribution in [-0.4, -0.2) is 23.3 Å². The van der Waals surface area contributed by atoms with E-state index in [1.165, 1.54) is 19.3 Å². The Kier molecular flexibility index (Phi) is 3.54. The third kappa shape index (κ3) is 2.47. The molecule has 0 spiro atoms. The normalized spacial score (nSPS) is 43.1. The van der Waals surface area contributed by atoms with Crippen molar-refractivity contribution in [1.82, 2.24) is 5.32 Å². The predicted molar refractivity (Wildman–Crippen MR) is 88.2 cm³/mol. The van der Waals surface area contributed by atoms with Gasteiger partial charge in [-0.2, -0.15) is 0 Å². The first kappa shape index (κ1) is 15.8. The second-order valence-corrected chi connectivity index (χ2v) is 9.93. The number of hydrogen-bond acceptors (Lipinski definition) is 2. The monoisotopic (exact) mass is 293 g/mol. The summed E-state index contributed by atoms with van der Waals surface area (Å²) < 4.78 is 0. The number of hydrogen-bond donors (Lipinski definition) is 2. The first-order valence-corrected chi connectivity index (χ1v) is 9.04. The number of nitrogens with one attached hydrogen (secondary N) is 1. The summed E-state index contributed by atoms with van der Waals surface area (Å²) in [4.78, 5) is 0. The van der Waals surface area contributed by atoms with Crippen molar-refractivity contribution in [2.75, 3.05) is 6.54 Å². The molecule has 0 saturated heterocycles. The van der Waals surface area contributed by atoms with Crippen LogP contribution in [0.4, 0.5) is 0 Å². The molecule has 0 amide bonds. The van der Waals surface area contributed by atoms with Crippen LogP contribution in [0, 0.1) is 22.2 Å². The van der Waals surface area contributed by atoms with Crippen LogP contribution in [0.5, 0.6) is 0 Å². The molecule has 2 N–H and O–H groups in total. The van der Waals surface area contributed by atoms with Gasteiger partial charge < -0.3 is 10.4 Å². The molecule has 0 radical (unpaired) electrons. The SMILES string of the molecule is CC1(C)CCC(O)(CNC2CC3CCC2(C)C3(C)C)CC1. The van der Waals surface area contributed by atoms with Crippen LogP contribution >= 0.6 is 0 Å². The Morgan fingerprint density at radius 2 is 1.57 bits per heavy atom. The van der Waals surface area contributed by atoms with E-state index in [2.05, 4.69) is 39.9 Å². The van der Waals surface area contributed by atoms with Gasteiger partial charge >= 0.3 is 0 Å². The molecule has 3 atom stereocenters. The predicted octanol–water partition coefficient (Wildman–Crippen LogP) is 4.12. The largest absolute Gasteiger partial charge is 0.389 e. The molecule has 0 aliphatic heterocycles. The molecule has 3 rings (SSSR count). The molecule has 21 heavy (non-hydrogen) atoms. The summed E-state index contributed by atoms with van der Waals surface area (Å²) in [7, 11) is 0. The van der Waals surface area contributed by atoms with E-state index >= 15 is 0 Å². The summed E-state index contributed by atoms with van der Waals surface area (Å²) in [5, 5.41) is 14.7. The molecule has 3 saturated carbocycles. The fraction of sp³-hybridized carbons (Fsp3) is 1.00. The molecule has 122 valence electrons. The van der Waals surface area contributed by atoms with E-state index < -0.39 is 5.60 Å². The standard InChI is InChI=1S/C19H35NO/c1-16(2)8-10-19(21,11-9-16)13-20-15-12-14-6-7-18(15,5)17(14,3)4/h14-15,20-21H,6-13H2,1-5H3. The summed E-state index contributed by atoms with van der Waals surface area (Å²) in [5.41, 5.74) is 0.842. The molecule has 3 fully saturated rings. The number of fused-ring (bicyclic) bond motifs is 2. The van der Waals surface area contributed by atoms with Crippen molar-refractivity contribution in [2.45, 2.75) is 91.2 Å². The smallest absolute Gasteiger partial charge is 0.0772 e. The second kappa shape index (κ2) is 4.71. The number of rotatable bonds is 3. The highest BCUT2D eigenvalue weighted by Crippen LogP contribution is 2.65. The first-order chi connectivity index (χ1) is 9.58. The zero-order chi connectivity index (χ0) is 15.5. The van der Waals surface area contributed by atoms with Gasteiger partial charge in [0.1, 0.15) is 0 Å². The van der Waals surface area contributed by atoms with Gasteiger partial charge in [-0.05, 0) is 67.1 Å². The lowest BCUT2D eigenvalue weighted by atomic mass is 9.68. The first-order valence-electron chi connectivity index (χ1n) is 9.04. The Morgan fingerprint density at radius 1 is 0.952 bits per heavy atom. The fourth-order valence-corrected chi connectivity index (χ4v) is 5.39. The maximum absolute atomic E-state index is 10.9. The van der Waals surface area contributed by atoms with Crippen molar-refractivity contribution in [3.63, 3.8) is 0 Å². The summed E-state index contributed by atoms with van der Waals surface area (Å²) in [5.74, 6) is 0.875. The lowest BCUT2D eigenvalue weighted by molar-refractivity contribution is -0.0302. The van der Waals surface area contributed by atoms with Crippen LogP contribution in [0.1, 0.15) is 79.6 Å². The molecule has 0 heterocycles. The van der Waals surface area contributed by atoms with Crippen molar-refractivity contribution in [3.8, 4) is 0 Å². The van der Waals surface area contributed by atoms with E-state index in [0.717, 1.165) is 38.1 Å². The highest BCUT2D eigenvalue weighted by molar-refractivity contribution is 5.13. The average Bonchev–Trinajstić information content (AvgIpc) is 2.73. The molecule has 0 aromatic carbocycles. The Bertz CT molecular complexity index is 404. The Balaban J connectivity index is 1.60. The zero-order valence-corrected chi connectivity index (χ0v) is 14.8. The minimum atomic E-state index is -0.460. The second-order valence-electron chi connectivity index (χ2n) is 9.93. The highest BCUT2D eigenvalue weighted by Gasteiger charge is 2.61. The molecule has 2 nitrogen and oxygen atoms in total. The van der Waals surface area contributed by atoms with Gasteiger partial charge in [-0.1, -0.05) is 34.6 Å². The Labute approximate surface area is 131 Å². The molecule has 0 aromatic rings. The average molecular weight is 293 g/mol. The lowest BCUT2D eigenvalue weighted by Crippen LogP contribution is -2.52. The molecular weight excluding hydrogens is 258 g/mol. The zero-order valence-electron chi connectivity index (χ0n) is 14.8. The maximum atomic E-state index is 10.9. The van der Waals surface area contributed by atoms with Crippen LogP contribution < -0.4 is 5.32 Å². The minimum absolute atomic E-state index is 0.419. The van der Waals surface area contributed by atoms with E-state index in [1.807, 2.05) is 0 Å².